The minimum atomic E-state index is -0.194. The van der Waals surface area contributed by atoms with Crippen LogP contribution in [0.5, 0.6) is 0 Å². The van der Waals surface area contributed by atoms with Crippen molar-refractivity contribution in [1.29, 1.82) is 0 Å². The number of hydrogen-bond acceptors (Lipinski definition) is 4. The summed E-state index contributed by atoms with van der Waals surface area (Å²) in [5.41, 5.74) is 0. The van der Waals surface area contributed by atoms with Gasteiger partial charge in [0.05, 0.1) is 7.11 Å². The van der Waals surface area contributed by atoms with E-state index < -0.39 is 0 Å². The molecule has 0 spiro atoms. The quantitative estimate of drug-likeness (QED) is 0.444. The van der Waals surface area contributed by atoms with E-state index in [2.05, 4.69) is 15.4 Å². The Morgan fingerprint density at radius 1 is 1.20 bits per heavy atom. The lowest BCUT2D eigenvalue weighted by atomic mass is 10.3. The fourth-order valence-electron chi connectivity index (χ4n) is 1.07. The monoisotopic (exact) mass is 216 g/mol. The number of rotatable bonds is 8. The van der Waals surface area contributed by atoms with E-state index in [4.69, 9.17) is 0 Å². The second-order valence-electron chi connectivity index (χ2n) is 3.13. The first-order valence-corrected chi connectivity index (χ1v) is 5.25. The Labute approximate surface area is 90.6 Å². The zero-order valence-electron chi connectivity index (χ0n) is 9.47. The van der Waals surface area contributed by atoms with E-state index in [1.165, 1.54) is 7.11 Å². The standard InChI is InChI=1S/C10H20N2O3/c1-3-12-9(13)6-8-11-7-4-5-10(14)15-2/h11H,3-8H2,1-2H3,(H,12,13). The van der Waals surface area contributed by atoms with Crippen LogP contribution in [-0.2, 0) is 14.3 Å². The van der Waals surface area contributed by atoms with Crippen molar-refractivity contribution in [1.82, 2.24) is 10.6 Å². The lowest BCUT2D eigenvalue weighted by Gasteiger charge is -2.04. The van der Waals surface area contributed by atoms with E-state index in [9.17, 15) is 9.59 Å². The number of hydrogen-bond donors (Lipinski definition) is 2. The van der Waals surface area contributed by atoms with Crippen LogP contribution >= 0.6 is 0 Å². The maximum absolute atomic E-state index is 11.0. The van der Waals surface area contributed by atoms with E-state index in [0.717, 1.165) is 13.0 Å². The van der Waals surface area contributed by atoms with Crippen LogP contribution in [0.25, 0.3) is 0 Å². The van der Waals surface area contributed by atoms with Gasteiger partial charge in [0.25, 0.3) is 0 Å². The molecule has 0 aromatic carbocycles. The van der Waals surface area contributed by atoms with Crippen LogP contribution in [0.2, 0.25) is 0 Å². The summed E-state index contributed by atoms with van der Waals surface area (Å²) in [4.78, 5) is 21.7. The van der Waals surface area contributed by atoms with Crippen LogP contribution in [0.1, 0.15) is 26.2 Å². The highest BCUT2D eigenvalue weighted by Crippen LogP contribution is 1.89. The van der Waals surface area contributed by atoms with Crippen molar-refractivity contribution < 1.29 is 14.3 Å². The molecule has 0 unspecified atom stereocenters. The SMILES string of the molecule is CCNC(=O)CCNCCCC(=O)OC. The molecule has 88 valence electrons. The topological polar surface area (TPSA) is 67.4 Å². The number of ether oxygens (including phenoxy) is 1. The van der Waals surface area contributed by atoms with Gasteiger partial charge in [-0.25, -0.2) is 0 Å². The van der Waals surface area contributed by atoms with Gasteiger partial charge in [-0.1, -0.05) is 0 Å². The number of carbonyl (C=O) groups is 2. The predicted octanol–water partition coefficient (Wildman–Crippen LogP) is 0.0554. The summed E-state index contributed by atoms with van der Waals surface area (Å²) in [6, 6.07) is 0. The highest BCUT2D eigenvalue weighted by Gasteiger charge is 2.00. The van der Waals surface area contributed by atoms with Crippen LogP contribution in [0, 0.1) is 0 Å². The smallest absolute Gasteiger partial charge is 0.305 e. The van der Waals surface area contributed by atoms with E-state index in [0.29, 0.717) is 25.9 Å². The Morgan fingerprint density at radius 3 is 2.53 bits per heavy atom. The van der Waals surface area contributed by atoms with Gasteiger partial charge in [0.1, 0.15) is 0 Å². The summed E-state index contributed by atoms with van der Waals surface area (Å²) in [6.45, 7) is 3.93. The first-order chi connectivity index (χ1) is 7.20. The van der Waals surface area contributed by atoms with Gasteiger partial charge in [-0.05, 0) is 19.9 Å². The van der Waals surface area contributed by atoms with Crippen molar-refractivity contribution in [3.8, 4) is 0 Å². The summed E-state index contributed by atoms with van der Waals surface area (Å²) in [7, 11) is 1.38. The minimum Gasteiger partial charge on any atom is -0.469 e. The average Bonchev–Trinajstić information content (AvgIpc) is 2.23. The maximum atomic E-state index is 11.0. The predicted molar refractivity (Wildman–Crippen MR) is 57.4 cm³/mol. The van der Waals surface area contributed by atoms with Crippen molar-refractivity contribution in [2.75, 3.05) is 26.7 Å². The second-order valence-corrected chi connectivity index (χ2v) is 3.13. The molecular formula is C10H20N2O3. The van der Waals surface area contributed by atoms with Gasteiger partial charge >= 0.3 is 5.97 Å². The number of carbonyl (C=O) groups excluding carboxylic acids is 2. The molecule has 0 saturated heterocycles. The number of nitrogens with one attached hydrogen (secondary N) is 2. The van der Waals surface area contributed by atoms with Crippen molar-refractivity contribution in [2.45, 2.75) is 26.2 Å². The molecule has 0 saturated carbocycles. The highest BCUT2D eigenvalue weighted by molar-refractivity contribution is 5.75. The van der Waals surface area contributed by atoms with Gasteiger partial charge in [0.15, 0.2) is 0 Å². The van der Waals surface area contributed by atoms with Gasteiger partial charge in [-0.2, -0.15) is 0 Å². The van der Waals surface area contributed by atoms with E-state index in [1.807, 2.05) is 6.92 Å². The molecule has 0 aromatic heterocycles. The number of amides is 1. The molecule has 0 bridgehead atoms. The van der Waals surface area contributed by atoms with E-state index in [-0.39, 0.29) is 11.9 Å². The zero-order chi connectivity index (χ0) is 11.5. The molecule has 5 nitrogen and oxygen atoms in total. The minimum absolute atomic E-state index is 0.0537. The third-order valence-electron chi connectivity index (χ3n) is 1.86. The number of esters is 1. The first kappa shape index (κ1) is 13.9. The molecule has 0 fully saturated rings. The maximum Gasteiger partial charge on any atom is 0.305 e. The fourth-order valence-corrected chi connectivity index (χ4v) is 1.07. The Morgan fingerprint density at radius 2 is 1.93 bits per heavy atom. The molecule has 5 heteroatoms. The second kappa shape index (κ2) is 9.45. The summed E-state index contributed by atoms with van der Waals surface area (Å²) >= 11 is 0. The molecule has 15 heavy (non-hydrogen) atoms. The average molecular weight is 216 g/mol. The number of methoxy groups -OCH3 is 1. The van der Waals surface area contributed by atoms with Crippen LogP contribution in [0.3, 0.4) is 0 Å². The molecule has 0 aliphatic rings. The summed E-state index contributed by atoms with van der Waals surface area (Å²) in [5, 5.41) is 5.80. The highest BCUT2D eigenvalue weighted by atomic mass is 16.5. The molecule has 2 N–H and O–H groups in total. The fraction of sp³-hybridized carbons (Fsp3) is 0.800. The summed E-state index contributed by atoms with van der Waals surface area (Å²) in [5.74, 6) is -0.140. The van der Waals surface area contributed by atoms with Crippen LogP contribution in [0.4, 0.5) is 0 Å². The molecule has 0 atom stereocenters. The Kier molecular flexibility index (Phi) is 8.76. The Hall–Kier alpha value is -1.10. The zero-order valence-corrected chi connectivity index (χ0v) is 9.47. The van der Waals surface area contributed by atoms with Gasteiger partial charge in [-0.15, -0.1) is 0 Å². The summed E-state index contributed by atoms with van der Waals surface area (Å²) in [6.07, 6.45) is 1.64. The van der Waals surface area contributed by atoms with Gasteiger partial charge < -0.3 is 15.4 Å². The van der Waals surface area contributed by atoms with Crippen LogP contribution in [0.15, 0.2) is 0 Å². The van der Waals surface area contributed by atoms with E-state index >= 15 is 0 Å². The van der Waals surface area contributed by atoms with Crippen molar-refractivity contribution in [3.05, 3.63) is 0 Å². The normalized spacial score (nSPS) is 9.73. The van der Waals surface area contributed by atoms with E-state index in [1.54, 1.807) is 0 Å². The first-order valence-electron chi connectivity index (χ1n) is 5.25. The van der Waals surface area contributed by atoms with Crippen molar-refractivity contribution in [2.24, 2.45) is 0 Å². The third kappa shape index (κ3) is 9.21. The summed E-state index contributed by atoms with van der Waals surface area (Å²) < 4.78 is 4.50. The lowest BCUT2D eigenvalue weighted by Crippen LogP contribution is -2.27. The molecular weight excluding hydrogens is 196 g/mol. The molecule has 0 rings (SSSR count). The molecule has 0 radical (unpaired) electrons. The lowest BCUT2D eigenvalue weighted by molar-refractivity contribution is -0.140. The molecule has 0 aliphatic heterocycles. The molecule has 0 heterocycles. The van der Waals surface area contributed by atoms with Gasteiger partial charge in [0, 0.05) is 25.9 Å². The van der Waals surface area contributed by atoms with Crippen LogP contribution in [-0.4, -0.2) is 38.6 Å². The molecule has 0 aromatic rings. The van der Waals surface area contributed by atoms with Crippen molar-refractivity contribution in [3.63, 3.8) is 0 Å². The Bertz CT molecular complexity index is 195. The van der Waals surface area contributed by atoms with Crippen LogP contribution < -0.4 is 10.6 Å². The molecule has 1 amide bonds. The van der Waals surface area contributed by atoms with Gasteiger partial charge in [-0.3, -0.25) is 9.59 Å². The van der Waals surface area contributed by atoms with Crippen molar-refractivity contribution >= 4 is 11.9 Å². The largest absolute Gasteiger partial charge is 0.469 e. The third-order valence-corrected chi connectivity index (χ3v) is 1.86. The Balaban J connectivity index is 3.18. The molecule has 0 aliphatic carbocycles. The van der Waals surface area contributed by atoms with Gasteiger partial charge in [0.2, 0.25) is 5.91 Å².